The van der Waals surface area contributed by atoms with Crippen molar-refractivity contribution < 1.29 is 13.3 Å². The number of hydrogen-bond acceptors (Lipinski definition) is 5. The van der Waals surface area contributed by atoms with Crippen LogP contribution in [0.15, 0.2) is 383 Å². The van der Waals surface area contributed by atoms with Crippen LogP contribution in [0.1, 0.15) is 132 Å². The normalized spacial score (nSPS) is 13.1. The Bertz CT molecular complexity index is 8370. The zero-order valence-electron chi connectivity index (χ0n) is 79.4. The first-order valence-corrected chi connectivity index (χ1v) is 47.8. The van der Waals surface area contributed by atoms with Gasteiger partial charge in [0.1, 0.15) is 33.5 Å². The molecule has 135 heavy (non-hydrogen) atoms. The number of anilines is 6. The van der Waals surface area contributed by atoms with Crippen LogP contribution < -0.4 is 26.2 Å². The van der Waals surface area contributed by atoms with Crippen LogP contribution in [0.4, 0.5) is 34.1 Å². The highest BCUT2D eigenvalue weighted by molar-refractivity contribution is 7.00. The smallest absolute Gasteiger partial charge is 0.252 e. The van der Waals surface area contributed by atoms with Crippen LogP contribution in [-0.2, 0) is 27.1 Å². The summed E-state index contributed by atoms with van der Waals surface area (Å²) in [5, 5.41) is 8.70. The van der Waals surface area contributed by atoms with Crippen LogP contribution in [0.3, 0.4) is 0 Å². The van der Waals surface area contributed by atoms with Gasteiger partial charge in [-0.25, -0.2) is 0 Å². The van der Waals surface area contributed by atoms with Crippen molar-refractivity contribution in [2.45, 2.75) is 131 Å². The molecule has 4 aromatic heterocycles. The molecule has 2 aliphatic rings. The van der Waals surface area contributed by atoms with E-state index in [0.717, 1.165) is 217 Å². The lowest BCUT2D eigenvalue weighted by atomic mass is 9.33. The van der Waals surface area contributed by atoms with Gasteiger partial charge in [-0.1, -0.05) is 347 Å². The molecule has 0 amide bonds. The van der Waals surface area contributed by atoms with Gasteiger partial charge < -0.3 is 27.6 Å². The molecule has 654 valence electrons. The van der Waals surface area contributed by atoms with E-state index in [4.69, 9.17) is 13.3 Å². The Kier molecular flexibility index (Phi) is 18.9. The summed E-state index contributed by atoms with van der Waals surface area (Å²) in [6.45, 7) is 34.9. The van der Waals surface area contributed by atoms with Crippen LogP contribution in [0.2, 0.25) is 0 Å². The summed E-state index contributed by atoms with van der Waals surface area (Å²) in [5.74, 6) is 0. The molecule has 0 bridgehead atoms. The molecule has 6 nitrogen and oxygen atoms in total. The minimum atomic E-state index is -0.430. The molecule has 0 saturated heterocycles. The Morgan fingerprint density at radius 2 is 0.563 bits per heavy atom. The molecule has 2 aliphatic heterocycles. The van der Waals surface area contributed by atoms with E-state index in [0.29, 0.717) is 0 Å². The van der Waals surface area contributed by atoms with E-state index < -0.39 is 12.1 Å². The molecular formula is C128H106BN3O3. The van der Waals surface area contributed by atoms with Crippen molar-refractivity contribution in [2.75, 3.05) is 9.80 Å². The minimum Gasteiger partial charge on any atom is -0.456 e. The first-order valence-electron chi connectivity index (χ1n) is 47.8. The summed E-state index contributed by atoms with van der Waals surface area (Å²) in [5.41, 5.74) is 40.5. The number of hydrogen-bond donors (Lipinski definition) is 0. The second-order valence-electron chi connectivity index (χ2n) is 42.7. The molecule has 0 fully saturated rings. The van der Waals surface area contributed by atoms with E-state index in [9.17, 15) is 0 Å². The SMILES string of the molecule is CC(C)(C)c1cccc(-c2ccc3c(c2)B2c4ccc(-c5cc(-c6ccccc6)cc(-c6ccccc6)c5)cc4N(c4c(-c5cccc6oc7ccccc7c56)cc(C(C)(C)C)cc4-c4cccc5oc6ccccc6c45)c4cc(-n5c6ccc(C(C)(C)C)cc6c6cc(C(C)(C)C)ccc65)cc(c42)N3c2c(-c3ccccc3)cc(C(C)(C)C)cc2-c2cccc3oc4ccccc4c23)c1. The number of para-hydroxylation sites is 3. The summed E-state index contributed by atoms with van der Waals surface area (Å²) in [6.07, 6.45) is 0. The van der Waals surface area contributed by atoms with Crippen molar-refractivity contribution in [2.24, 2.45) is 0 Å². The lowest BCUT2D eigenvalue weighted by molar-refractivity contribution is 0.590. The van der Waals surface area contributed by atoms with Crippen molar-refractivity contribution in [3.63, 3.8) is 0 Å². The predicted molar refractivity (Wildman–Crippen MR) is 574 cm³/mol. The largest absolute Gasteiger partial charge is 0.456 e. The van der Waals surface area contributed by atoms with Crippen molar-refractivity contribution >= 4 is 145 Å². The van der Waals surface area contributed by atoms with E-state index in [1.165, 1.54) is 44.1 Å². The molecule has 7 heteroatoms. The van der Waals surface area contributed by atoms with Crippen molar-refractivity contribution in [3.8, 4) is 94.7 Å². The number of nitrogens with zero attached hydrogens (tertiary/aromatic N) is 3. The monoisotopic (exact) mass is 1740 g/mol. The molecule has 6 heterocycles. The van der Waals surface area contributed by atoms with Crippen LogP contribution >= 0.6 is 0 Å². The Balaban J connectivity index is 0.939. The molecule has 0 saturated carbocycles. The average molecular weight is 1750 g/mol. The fourth-order valence-electron chi connectivity index (χ4n) is 21.8. The molecular weight excluding hydrogens is 1640 g/mol. The maximum Gasteiger partial charge on any atom is 0.252 e. The van der Waals surface area contributed by atoms with Gasteiger partial charge >= 0.3 is 0 Å². The van der Waals surface area contributed by atoms with Crippen molar-refractivity contribution in [3.05, 3.63) is 398 Å². The van der Waals surface area contributed by atoms with Gasteiger partial charge in [0.05, 0.1) is 28.1 Å². The van der Waals surface area contributed by atoms with Gasteiger partial charge in [-0.2, -0.15) is 0 Å². The topological polar surface area (TPSA) is 50.8 Å². The summed E-state index contributed by atoms with van der Waals surface area (Å²) in [6, 6.07) is 141. The molecule has 22 aromatic rings. The molecule has 0 spiro atoms. The Labute approximate surface area is 790 Å². The van der Waals surface area contributed by atoms with Gasteiger partial charge in [-0.15, -0.1) is 0 Å². The average Bonchev–Trinajstić information content (AvgIpc) is 1.49. The zero-order chi connectivity index (χ0) is 92.2. The third-order valence-corrected chi connectivity index (χ3v) is 28.9. The van der Waals surface area contributed by atoms with Crippen LogP contribution in [0.25, 0.3) is 182 Å². The number of rotatable bonds is 11. The van der Waals surface area contributed by atoms with Crippen molar-refractivity contribution in [1.82, 2.24) is 4.57 Å². The van der Waals surface area contributed by atoms with Crippen LogP contribution in [0, 0.1) is 0 Å². The summed E-state index contributed by atoms with van der Waals surface area (Å²) in [4.78, 5) is 5.52. The molecule has 18 aromatic carbocycles. The second-order valence-corrected chi connectivity index (χ2v) is 42.7. The van der Waals surface area contributed by atoms with Gasteiger partial charge in [-0.05, 0) is 265 Å². The van der Waals surface area contributed by atoms with E-state index >= 15 is 0 Å². The fraction of sp³-hybridized carbons (Fsp3) is 0.156. The number of benzene rings is 18. The molecule has 24 rings (SSSR count). The standard InChI is InChI=1S/C128H106BN3O3/c1-124(2,3)86-42-31-41-80(66-86)81-56-60-108-105(67-81)129-104-59-55-82(85-64-83(77-35-19-16-20-36-77)63-84(65-85)78-37-21-17-22-38-78)68-109(104)132(123-102(93-47-33-53-116-119(93)96-44-26-29-50-113(96)134-116)73-90(128(13,14)15)74-103(123)94-48-34-54-117-120(94)97-45-27-30-51-114(97)135-117)111-76-91(130-106-61-57-87(125(4,5)6)69-99(106)100-70-88(126(7,8)9)58-62-107(100)130)75-110(121(111)129)131(108)122-98(79-39-23-18-24-40-79)71-89(127(10,11)12)72-101(122)92-46-32-52-115-118(92)95-43-25-28-49-112(95)133-115/h16-76H,1-15H3. The highest BCUT2D eigenvalue weighted by Gasteiger charge is 2.47. The summed E-state index contributed by atoms with van der Waals surface area (Å²) < 4.78 is 24.0. The van der Waals surface area contributed by atoms with E-state index in [1.807, 2.05) is 0 Å². The van der Waals surface area contributed by atoms with Crippen LogP contribution in [0.5, 0.6) is 0 Å². The van der Waals surface area contributed by atoms with Gasteiger partial charge in [0, 0.05) is 88.1 Å². The zero-order valence-corrected chi connectivity index (χ0v) is 79.4. The minimum absolute atomic E-state index is 0.138. The van der Waals surface area contributed by atoms with E-state index in [2.05, 4.69) is 488 Å². The van der Waals surface area contributed by atoms with Gasteiger partial charge in [-0.3, -0.25) is 0 Å². The maximum absolute atomic E-state index is 7.16. The van der Waals surface area contributed by atoms with Gasteiger partial charge in [0.2, 0.25) is 0 Å². The Morgan fingerprint density at radius 1 is 0.207 bits per heavy atom. The Morgan fingerprint density at radius 3 is 1.01 bits per heavy atom. The molecule has 0 radical (unpaired) electrons. The third-order valence-electron chi connectivity index (χ3n) is 28.9. The van der Waals surface area contributed by atoms with Gasteiger partial charge in [0.15, 0.2) is 0 Å². The molecule has 0 atom stereocenters. The summed E-state index contributed by atoms with van der Waals surface area (Å²) in [7, 11) is 0. The highest BCUT2D eigenvalue weighted by atomic mass is 16.3. The predicted octanol–water partition coefficient (Wildman–Crippen LogP) is 34.4. The van der Waals surface area contributed by atoms with Gasteiger partial charge in [0.25, 0.3) is 6.71 Å². The number of fused-ring (bicyclic) bond motifs is 16. The lowest BCUT2D eigenvalue weighted by Gasteiger charge is -2.46. The maximum atomic E-state index is 7.16. The fourth-order valence-corrected chi connectivity index (χ4v) is 21.8. The quantitative estimate of drug-likeness (QED) is 0.121. The van der Waals surface area contributed by atoms with E-state index in [-0.39, 0.29) is 21.7 Å². The first kappa shape index (κ1) is 82.9. The van der Waals surface area contributed by atoms with Crippen LogP contribution in [-0.4, -0.2) is 11.3 Å². The summed E-state index contributed by atoms with van der Waals surface area (Å²) >= 11 is 0. The second kappa shape index (κ2) is 30.7. The number of furan rings is 3. The molecule has 0 N–H and O–H groups in total. The molecule has 0 unspecified atom stereocenters. The van der Waals surface area contributed by atoms with E-state index in [1.54, 1.807) is 0 Å². The highest BCUT2D eigenvalue weighted by Crippen LogP contribution is 2.59. The lowest BCUT2D eigenvalue weighted by Crippen LogP contribution is -2.61. The number of aromatic nitrogens is 1. The van der Waals surface area contributed by atoms with Crippen molar-refractivity contribution in [1.29, 1.82) is 0 Å². The first-order chi connectivity index (χ1) is 65.1. The third kappa shape index (κ3) is 13.7. The Hall–Kier alpha value is -15.2. The molecule has 0 aliphatic carbocycles.